The highest BCUT2D eigenvalue weighted by Crippen LogP contribution is 2.26. The Kier molecular flexibility index (Phi) is 6.27. The zero-order valence-electron chi connectivity index (χ0n) is 14.6. The van der Waals surface area contributed by atoms with Crippen molar-refractivity contribution in [1.29, 1.82) is 0 Å². The first-order chi connectivity index (χ1) is 12.8. The molecule has 0 heterocycles. The standard InChI is InChI=1S/C18H16F3NO5/c1-9(17(23)22-13-7-6-12(19)15(20)16(13)21)27-18(24)11-5-4-10(25-2)8-14(11)26-3/h4-9H,1-3H3,(H,22,23)/t9-/m0/s1. The molecule has 0 aliphatic heterocycles. The Morgan fingerprint density at radius 2 is 1.70 bits per heavy atom. The highest BCUT2D eigenvalue weighted by molar-refractivity contribution is 5.98. The fourth-order valence-electron chi connectivity index (χ4n) is 2.10. The van der Waals surface area contributed by atoms with Crippen LogP contribution in [0.4, 0.5) is 18.9 Å². The van der Waals surface area contributed by atoms with Gasteiger partial charge in [0, 0.05) is 6.07 Å². The molecule has 0 spiro atoms. The van der Waals surface area contributed by atoms with Crippen molar-refractivity contribution in [3.63, 3.8) is 0 Å². The number of rotatable bonds is 6. The highest BCUT2D eigenvalue weighted by Gasteiger charge is 2.23. The minimum absolute atomic E-state index is 0.0388. The van der Waals surface area contributed by atoms with Crippen molar-refractivity contribution in [2.75, 3.05) is 19.5 Å². The van der Waals surface area contributed by atoms with Crippen LogP contribution in [0.2, 0.25) is 0 Å². The topological polar surface area (TPSA) is 73.9 Å². The summed E-state index contributed by atoms with van der Waals surface area (Å²) in [6.45, 7) is 1.24. The average molecular weight is 383 g/mol. The van der Waals surface area contributed by atoms with E-state index in [1.165, 1.54) is 39.3 Å². The molecule has 0 bridgehead atoms. The molecule has 0 aliphatic rings. The molecule has 144 valence electrons. The molecule has 6 nitrogen and oxygen atoms in total. The maximum absolute atomic E-state index is 13.6. The van der Waals surface area contributed by atoms with Gasteiger partial charge in [0.05, 0.1) is 19.9 Å². The van der Waals surface area contributed by atoms with Crippen LogP contribution in [0.15, 0.2) is 30.3 Å². The lowest BCUT2D eigenvalue weighted by Crippen LogP contribution is -2.30. The van der Waals surface area contributed by atoms with Gasteiger partial charge in [-0.3, -0.25) is 4.79 Å². The molecule has 0 unspecified atom stereocenters. The quantitative estimate of drug-likeness (QED) is 0.612. The average Bonchev–Trinajstić information content (AvgIpc) is 2.67. The van der Waals surface area contributed by atoms with E-state index in [0.717, 1.165) is 6.07 Å². The predicted molar refractivity (Wildman–Crippen MR) is 89.4 cm³/mol. The zero-order chi connectivity index (χ0) is 20.1. The summed E-state index contributed by atoms with van der Waals surface area (Å²) >= 11 is 0. The Labute approximate surface area is 152 Å². The SMILES string of the molecule is COc1ccc(C(=O)O[C@@H](C)C(=O)Nc2ccc(F)c(F)c2F)c(OC)c1. The Morgan fingerprint density at radius 3 is 2.33 bits per heavy atom. The third-order valence-electron chi connectivity index (χ3n) is 3.57. The van der Waals surface area contributed by atoms with Gasteiger partial charge in [-0.1, -0.05) is 0 Å². The first-order valence-electron chi connectivity index (χ1n) is 7.65. The third kappa shape index (κ3) is 4.49. The van der Waals surface area contributed by atoms with Crippen molar-refractivity contribution in [3.05, 3.63) is 53.3 Å². The van der Waals surface area contributed by atoms with E-state index in [9.17, 15) is 22.8 Å². The summed E-state index contributed by atoms with van der Waals surface area (Å²) in [5.41, 5.74) is -0.541. The highest BCUT2D eigenvalue weighted by atomic mass is 19.2. The number of methoxy groups -OCH3 is 2. The lowest BCUT2D eigenvalue weighted by atomic mass is 10.2. The van der Waals surface area contributed by atoms with Crippen LogP contribution in [-0.2, 0) is 9.53 Å². The molecule has 2 rings (SSSR count). The van der Waals surface area contributed by atoms with Crippen molar-refractivity contribution in [2.24, 2.45) is 0 Å². The molecule has 0 saturated carbocycles. The summed E-state index contributed by atoms with van der Waals surface area (Å²) in [6.07, 6.45) is -1.35. The van der Waals surface area contributed by atoms with Crippen molar-refractivity contribution in [2.45, 2.75) is 13.0 Å². The van der Waals surface area contributed by atoms with E-state index in [4.69, 9.17) is 14.2 Å². The Morgan fingerprint density at radius 1 is 1.00 bits per heavy atom. The van der Waals surface area contributed by atoms with Crippen LogP contribution in [0.25, 0.3) is 0 Å². The normalized spacial score (nSPS) is 11.5. The van der Waals surface area contributed by atoms with Crippen LogP contribution in [0, 0.1) is 17.5 Å². The summed E-state index contributed by atoms with van der Waals surface area (Å²) in [5.74, 6) is -5.86. The smallest absolute Gasteiger partial charge is 0.342 e. The van der Waals surface area contributed by atoms with Gasteiger partial charge in [0.1, 0.15) is 17.1 Å². The van der Waals surface area contributed by atoms with Gasteiger partial charge in [-0.25, -0.2) is 18.0 Å². The number of anilines is 1. The molecule has 9 heteroatoms. The van der Waals surface area contributed by atoms with Crippen LogP contribution < -0.4 is 14.8 Å². The van der Waals surface area contributed by atoms with Gasteiger partial charge in [-0.15, -0.1) is 0 Å². The molecule has 0 radical (unpaired) electrons. The molecule has 27 heavy (non-hydrogen) atoms. The Balaban J connectivity index is 2.10. The molecule has 0 fully saturated rings. The molecular formula is C18H16F3NO5. The van der Waals surface area contributed by atoms with Crippen molar-refractivity contribution < 1.29 is 37.0 Å². The van der Waals surface area contributed by atoms with Crippen LogP contribution >= 0.6 is 0 Å². The lowest BCUT2D eigenvalue weighted by Gasteiger charge is -2.15. The van der Waals surface area contributed by atoms with Gasteiger partial charge in [0.2, 0.25) is 0 Å². The molecule has 0 saturated heterocycles. The summed E-state index contributed by atoms with van der Waals surface area (Å²) in [7, 11) is 2.78. The molecule has 1 amide bonds. The number of halogens is 3. The molecular weight excluding hydrogens is 367 g/mol. The third-order valence-corrected chi connectivity index (χ3v) is 3.57. The number of hydrogen-bond acceptors (Lipinski definition) is 5. The molecule has 0 aromatic heterocycles. The molecule has 1 atom stereocenters. The van der Waals surface area contributed by atoms with E-state index in [0.29, 0.717) is 11.8 Å². The van der Waals surface area contributed by atoms with E-state index in [2.05, 4.69) is 0 Å². The first-order valence-corrected chi connectivity index (χ1v) is 7.65. The van der Waals surface area contributed by atoms with Crippen LogP contribution in [0.5, 0.6) is 11.5 Å². The first kappa shape index (κ1) is 20.1. The molecule has 2 aromatic carbocycles. The summed E-state index contributed by atoms with van der Waals surface area (Å²) in [5, 5.41) is 2.03. The minimum atomic E-state index is -1.72. The maximum Gasteiger partial charge on any atom is 0.342 e. The number of carbonyl (C=O) groups excluding carboxylic acids is 2. The summed E-state index contributed by atoms with van der Waals surface area (Å²) < 4.78 is 54.9. The van der Waals surface area contributed by atoms with Crippen LogP contribution in [-0.4, -0.2) is 32.2 Å². The van der Waals surface area contributed by atoms with E-state index >= 15 is 0 Å². The van der Waals surface area contributed by atoms with Crippen molar-refractivity contribution >= 4 is 17.6 Å². The maximum atomic E-state index is 13.6. The minimum Gasteiger partial charge on any atom is -0.497 e. The van der Waals surface area contributed by atoms with Crippen molar-refractivity contribution in [1.82, 2.24) is 0 Å². The number of hydrogen-bond donors (Lipinski definition) is 1. The van der Waals surface area contributed by atoms with Crippen LogP contribution in [0.1, 0.15) is 17.3 Å². The predicted octanol–water partition coefficient (Wildman–Crippen LogP) is 3.31. The molecule has 0 aliphatic carbocycles. The number of benzene rings is 2. The summed E-state index contributed by atoms with van der Waals surface area (Å²) in [4.78, 5) is 24.3. The van der Waals surface area contributed by atoms with Crippen molar-refractivity contribution in [3.8, 4) is 11.5 Å². The Bertz CT molecular complexity index is 872. The fraction of sp³-hybridized carbons (Fsp3) is 0.222. The van der Waals surface area contributed by atoms with Crippen LogP contribution in [0.3, 0.4) is 0 Å². The van der Waals surface area contributed by atoms with E-state index < -0.39 is 41.1 Å². The van der Waals surface area contributed by atoms with Gasteiger partial charge >= 0.3 is 5.97 Å². The second-order valence-corrected chi connectivity index (χ2v) is 5.33. The van der Waals surface area contributed by atoms with Gasteiger partial charge in [-0.2, -0.15) is 0 Å². The number of amides is 1. The van der Waals surface area contributed by atoms with Gasteiger partial charge in [0.25, 0.3) is 5.91 Å². The van der Waals surface area contributed by atoms with E-state index in [1.54, 1.807) is 0 Å². The second-order valence-electron chi connectivity index (χ2n) is 5.33. The van der Waals surface area contributed by atoms with E-state index in [1.807, 2.05) is 5.32 Å². The molecule has 2 aromatic rings. The number of esters is 1. The van der Waals surface area contributed by atoms with Gasteiger partial charge < -0.3 is 19.5 Å². The fourth-order valence-corrected chi connectivity index (χ4v) is 2.10. The lowest BCUT2D eigenvalue weighted by molar-refractivity contribution is -0.123. The number of carbonyl (C=O) groups is 2. The second kappa shape index (κ2) is 8.43. The van der Waals surface area contributed by atoms with E-state index in [-0.39, 0.29) is 11.3 Å². The molecule has 1 N–H and O–H groups in total. The largest absolute Gasteiger partial charge is 0.497 e. The number of nitrogens with one attached hydrogen (secondary N) is 1. The summed E-state index contributed by atoms with van der Waals surface area (Å²) in [6, 6.07) is 5.86. The Hall–Kier alpha value is -3.23. The van der Waals surface area contributed by atoms with Gasteiger partial charge in [-0.05, 0) is 31.2 Å². The number of ether oxygens (including phenoxy) is 3. The van der Waals surface area contributed by atoms with Gasteiger partial charge in [0.15, 0.2) is 23.6 Å². The monoisotopic (exact) mass is 383 g/mol. The zero-order valence-corrected chi connectivity index (χ0v) is 14.6.